The summed E-state index contributed by atoms with van der Waals surface area (Å²) >= 11 is 1.09. The van der Waals surface area contributed by atoms with Gasteiger partial charge in [0.2, 0.25) is 0 Å². The molecule has 0 radical (unpaired) electrons. The molecule has 0 aliphatic rings. The monoisotopic (exact) mass is 222 g/mol. The van der Waals surface area contributed by atoms with Crippen LogP contribution in [-0.2, 0) is 0 Å². The molecule has 2 rings (SSSR count). The highest BCUT2D eigenvalue weighted by molar-refractivity contribution is 7.09. The van der Waals surface area contributed by atoms with E-state index in [1.54, 1.807) is 12.1 Å². The number of rotatable bonds is 2. The van der Waals surface area contributed by atoms with Gasteiger partial charge in [0, 0.05) is 29.2 Å². The van der Waals surface area contributed by atoms with Gasteiger partial charge < -0.3 is 5.73 Å². The zero-order valence-corrected chi connectivity index (χ0v) is 8.27. The number of aromatic nitrogens is 2. The molecule has 0 aliphatic carbocycles. The fraction of sp³-hybridized carbons (Fsp3) is 0. The van der Waals surface area contributed by atoms with E-state index in [0.29, 0.717) is 16.5 Å². The van der Waals surface area contributed by atoms with Crippen LogP contribution in [0.15, 0.2) is 24.3 Å². The Morgan fingerprint density at radius 2 is 2.00 bits per heavy atom. The Morgan fingerprint density at radius 1 is 1.33 bits per heavy atom. The van der Waals surface area contributed by atoms with Crippen molar-refractivity contribution >= 4 is 22.4 Å². The maximum absolute atomic E-state index is 10.4. The van der Waals surface area contributed by atoms with Gasteiger partial charge in [-0.1, -0.05) is 0 Å². The van der Waals surface area contributed by atoms with Gasteiger partial charge in [-0.05, 0) is 12.1 Å². The third-order valence-corrected chi connectivity index (χ3v) is 2.32. The number of non-ortho nitro benzene ring substituents is 1. The van der Waals surface area contributed by atoms with Gasteiger partial charge >= 0.3 is 0 Å². The smallest absolute Gasteiger partial charge is 0.269 e. The Bertz CT molecular complexity index is 494. The highest BCUT2D eigenvalue weighted by Crippen LogP contribution is 2.21. The van der Waals surface area contributed by atoms with Crippen molar-refractivity contribution in [1.29, 1.82) is 0 Å². The molecule has 0 unspecified atom stereocenters. The molecule has 15 heavy (non-hydrogen) atoms. The standard InChI is InChI=1S/C8H6N4O2S/c9-8-10-7(11-15-8)5-1-3-6(4-2-5)12(13)14/h1-4H,(H2,9,10,11). The van der Waals surface area contributed by atoms with E-state index in [1.807, 2.05) is 0 Å². The van der Waals surface area contributed by atoms with Crippen LogP contribution >= 0.6 is 11.5 Å². The van der Waals surface area contributed by atoms with Crippen molar-refractivity contribution in [2.75, 3.05) is 5.73 Å². The van der Waals surface area contributed by atoms with Crippen LogP contribution in [0.5, 0.6) is 0 Å². The molecule has 0 amide bonds. The van der Waals surface area contributed by atoms with Crippen LogP contribution in [0.3, 0.4) is 0 Å². The number of nitrogen functional groups attached to an aromatic ring is 1. The van der Waals surface area contributed by atoms with Gasteiger partial charge in [-0.25, -0.2) is 0 Å². The van der Waals surface area contributed by atoms with Crippen molar-refractivity contribution in [1.82, 2.24) is 9.36 Å². The molecule has 1 heterocycles. The van der Waals surface area contributed by atoms with Crippen LogP contribution in [0.2, 0.25) is 0 Å². The summed E-state index contributed by atoms with van der Waals surface area (Å²) in [5.41, 5.74) is 6.19. The van der Waals surface area contributed by atoms with Gasteiger partial charge in [-0.3, -0.25) is 10.1 Å². The summed E-state index contributed by atoms with van der Waals surface area (Å²) in [6, 6.07) is 6.01. The van der Waals surface area contributed by atoms with Crippen molar-refractivity contribution < 1.29 is 4.92 Å². The first kappa shape index (κ1) is 9.53. The summed E-state index contributed by atoms with van der Waals surface area (Å²) in [6.45, 7) is 0. The average molecular weight is 222 g/mol. The molecule has 0 atom stereocenters. The molecule has 0 aliphatic heterocycles. The van der Waals surface area contributed by atoms with Gasteiger partial charge in [0.15, 0.2) is 11.0 Å². The van der Waals surface area contributed by atoms with Crippen molar-refractivity contribution in [3.05, 3.63) is 34.4 Å². The molecule has 1 aromatic heterocycles. The molecular weight excluding hydrogens is 216 g/mol. The van der Waals surface area contributed by atoms with E-state index in [0.717, 1.165) is 11.5 Å². The maximum atomic E-state index is 10.4. The van der Waals surface area contributed by atoms with Crippen LogP contribution in [0.4, 0.5) is 10.8 Å². The zero-order chi connectivity index (χ0) is 10.8. The Morgan fingerprint density at radius 3 is 2.47 bits per heavy atom. The second-order valence-electron chi connectivity index (χ2n) is 2.76. The summed E-state index contributed by atoms with van der Waals surface area (Å²) in [7, 11) is 0. The number of hydrogen-bond acceptors (Lipinski definition) is 6. The van der Waals surface area contributed by atoms with E-state index in [-0.39, 0.29) is 5.69 Å². The Hall–Kier alpha value is -2.02. The quantitative estimate of drug-likeness (QED) is 0.616. The molecule has 0 bridgehead atoms. The molecule has 0 saturated heterocycles. The highest BCUT2D eigenvalue weighted by Gasteiger charge is 2.07. The van der Waals surface area contributed by atoms with Crippen LogP contribution in [0.1, 0.15) is 0 Å². The molecule has 1 aromatic carbocycles. The van der Waals surface area contributed by atoms with Gasteiger partial charge in [0.1, 0.15) is 0 Å². The molecular formula is C8H6N4O2S. The predicted octanol–water partition coefficient (Wildman–Crippen LogP) is 1.70. The number of hydrogen-bond donors (Lipinski definition) is 1. The minimum atomic E-state index is -0.452. The van der Waals surface area contributed by atoms with E-state index in [9.17, 15) is 10.1 Å². The normalized spacial score (nSPS) is 10.1. The Kier molecular flexibility index (Phi) is 2.30. The Balaban J connectivity index is 2.35. The van der Waals surface area contributed by atoms with E-state index in [2.05, 4.69) is 9.36 Å². The van der Waals surface area contributed by atoms with Gasteiger partial charge in [0.05, 0.1) is 4.92 Å². The summed E-state index contributed by atoms with van der Waals surface area (Å²) in [4.78, 5) is 13.9. The van der Waals surface area contributed by atoms with E-state index in [1.165, 1.54) is 12.1 Å². The lowest BCUT2D eigenvalue weighted by Crippen LogP contribution is -1.88. The molecule has 0 saturated carbocycles. The Labute approximate surface area is 88.7 Å². The summed E-state index contributed by atoms with van der Waals surface area (Å²) in [6.07, 6.45) is 0. The van der Waals surface area contributed by atoms with Gasteiger partial charge in [0.25, 0.3) is 5.69 Å². The van der Waals surface area contributed by atoms with Crippen LogP contribution in [0.25, 0.3) is 11.4 Å². The second-order valence-corrected chi connectivity index (χ2v) is 3.54. The molecule has 76 valence electrons. The van der Waals surface area contributed by atoms with E-state index in [4.69, 9.17) is 5.73 Å². The number of nitro benzene ring substituents is 1. The lowest BCUT2D eigenvalue weighted by Gasteiger charge is -1.94. The van der Waals surface area contributed by atoms with Gasteiger partial charge in [-0.2, -0.15) is 9.36 Å². The first-order valence-electron chi connectivity index (χ1n) is 4.01. The molecule has 6 nitrogen and oxygen atoms in total. The zero-order valence-electron chi connectivity index (χ0n) is 7.45. The van der Waals surface area contributed by atoms with Crippen molar-refractivity contribution in [2.24, 2.45) is 0 Å². The number of nitro groups is 1. The average Bonchev–Trinajstić information content (AvgIpc) is 2.65. The van der Waals surface area contributed by atoms with Crippen LogP contribution in [0, 0.1) is 10.1 Å². The lowest BCUT2D eigenvalue weighted by molar-refractivity contribution is -0.384. The third kappa shape index (κ3) is 1.91. The van der Waals surface area contributed by atoms with Crippen molar-refractivity contribution in [3.63, 3.8) is 0 Å². The summed E-state index contributed by atoms with van der Waals surface area (Å²) in [5, 5.41) is 10.8. The van der Waals surface area contributed by atoms with E-state index >= 15 is 0 Å². The number of benzene rings is 1. The number of nitrogens with zero attached hydrogens (tertiary/aromatic N) is 3. The van der Waals surface area contributed by atoms with Crippen LogP contribution in [-0.4, -0.2) is 14.3 Å². The lowest BCUT2D eigenvalue weighted by atomic mass is 10.2. The molecule has 0 fully saturated rings. The topological polar surface area (TPSA) is 94.9 Å². The molecule has 2 N–H and O–H groups in total. The predicted molar refractivity (Wildman–Crippen MR) is 56.4 cm³/mol. The second kappa shape index (κ2) is 3.62. The number of anilines is 1. The fourth-order valence-corrected chi connectivity index (χ4v) is 1.54. The number of nitrogens with two attached hydrogens (primary N) is 1. The minimum absolute atomic E-state index is 0.0435. The minimum Gasteiger partial charge on any atom is -0.374 e. The summed E-state index contributed by atoms with van der Waals surface area (Å²) in [5.74, 6) is 0.493. The molecule has 7 heteroatoms. The van der Waals surface area contributed by atoms with Gasteiger partial charge in [-0.15, -0.1) is 0 Å². The third-order valence-electron chi connectivity index (χ3n) is 1.78. The van der Waals surface area contributed by atoms with Crippen molar-refractivity contribution in [3.8, 4) is 11.4 Å². The summed E-state index contributed by atoms with van der Waals surface area (Å²) < 4.78 is 4.00. The largest absolute Gasteiger partial charge is 0.374 e. The molecule has 0 spiro atoms. The SMILES string of the molecule is Nc1nc(-c2ccc([N+](=O)[O-])cc2)ns1. The van der Waals surface area contributed by atoms with Crippen molar-refractivity contribution in [2.45, 2.75) is 0 Å². The van der Waals surface area contributed by atoms with Crippen LogP contribution < -0.4 is 5.73 Å². The van der Waals surface area contributed by atoms with E-state index < -0.39 is 4.92 Å². The highest BCUT2D eigenvalue weighted by atomic mass is 32.1. The molecule has 2 aromatic rings. The maximum Gasteiger partial charge on any atom is 0.269 e. The first-order valence-corrected chi connectivity index (χ1v) is 4.78. The fourth-order valence-electron chi connectivity index (χ4n) is 1.08. The first-order chi connectivity index (χ1) is 7.16.